The van der Waals surface area contributed by atoms with Gasteiger partial charge in [0.1, 0.15) is 0 Å². The third-order valence-electron chi connectivity index (χ3n) is 3.62. The molecule has 0 aliphatic carbocycles. The lowest BCUT2D eigenvalue weighted by atomic mass is 10.1. The Kier molecular flexibility index (Phi) is 4.50. The monoisotopic (exact) mass is 302 g/mol. The van der Waals surface area contributed by atoms with Gasteiger partial charge in [-0.2, -0.15) is 4.31 Å². The number of alkyl halides is 1. The van der Waals surface area contributed by atoms with Gasteiger partial charge in [-0.3, -0.25) is 0 Å². The van der Waals surface area contributed by atoms with Crippen molar-refractivity contribution in [3.63, 3.8) is 0 Å². The van der Waals surface area contributed by atoms with Crippen LogP contribution >= 0.6 is 11.6 Å². The summed E-state index contributed by atoms with van der Waals surface area (Å²) in [6.45, 7) is 4.45. The average molecular weight is 303 g/mol. The molecule has 0 unspecified atom stereocenters. The number of sulfonamides is 1. The molecule has 0 amide bonds. The van der Waals surface area contributed by atoms with Crippen molar-refractivity contribution >= 4 is 21.6 Å². The van der Waals surface area contributed by atoms with Gasteiger partial charge in [-0.25, -0.2) is 8.42 Å². The van der Waals surface area contributed by atoms with Crippen LogP contribution in [0.4, 0.5) is 0 Å². The maximum Gasteiger partial charge on any atom is 0.243 e. The minimum absolute atomic E-state index is 0.331. The summed E-state index contributed by atoms with van der Waals surface area (Å²) in [6.07, 6.45) is 0. The van der Waals surface area contributed by atoms with Gasteiger partial charge in [0, 0.05) is 32.1 Å². The molecule has 1 aliphatic rings. The lowest BCUT2D eigenvalue weighted by Gasteiger charge is -2.32. The van der Waals surface area contributed by atoms with E-state index >= 15 is 0 Å². The third-order valence-corrected chi connectivity index (χ3v) is 5.95. The molecule has 0 N–H and O–H groups in total. The number of likely N-dealkylation sites (N-methyl/N-ethyl adjacent to an activating group) is 1. The zero-order valence-corrected chi connectivity index (χ0v) is 12.8. The van der Waals surface area contributed by atoms with Crippen LogP contribution in [0.3, 0.4) is 0 Å². The molecule has 0 atom stereocenters. The van der Waals surface area contributed by atoms with Crippen LogP contribution in [0.5, 0.6) is 0 Å². The van der Waals surface area contributed by atoms with Crippen LogP contribution in [0.25, 0.3) is 0 Å². The Balaban J connectivity index is 2.35. The quantitative estimate of drug-likeness (QED) is 0.798. The molecule has 0 saturated carbocycles. The number of hydrogen-bond donors (Lipinski definition) is 0. The SMILES string of the molecule is Cc1c(CCl)cccc1S(=O)(=O)N1CCN(C)CC1. The highest BCUT2D eigenvalue weighted by molar-refractivity contribution is 7.89. The number of piperazine rings is 1. The number of benzene rings is 1. The molecule has 1 aromatic carbocycles. The van der Waals surface area contributed by atoms with Gasteiger partial charge in [0.15, 0.2) is 0 Å². The molecule has 1 aromatic rings. The molecule has 4 nitrogen and oxygen atoms in total. The van der Waals surface area contributed by atoms with Crippen LogP contribution in [0, 0.1) is 6.92 Å². The molecule has 1 saturated heterocycles. The Hall–Kier alpha value is -0.620. The molecule has 0 bridgehead atoms. The molecular formula is C13H19ClN2O2S. The fourth-order valence-electron chi connectivity index (χ4n) is 2.25. The van der Waals surface area contributed by atoms with Gasteiger partial charge in [-0.1, -0.05) is 12.1 Å². The summed E-state index contributed by atoms with van der Waals surface area (Å²) < 4.78 is 26.9. The summed E-state index contributed by atoms with van der Waals surface area (Å²) >= 11 is 5.84. The summed E-state index contributed by atoms with van der Waals surface area (Å²) in [5.74, 6) is 0.331. The lowest BCUT2D eigenvalue weighted by molar-refractivity contribution is 0.222. The van der Waals surface area contributed by atoms with E-state index in [0.717, 1.165) is 24.2 Å². The van der Waals surface area contributed by atoms with E-state index < -0.39 is 10.0 Å². The molecular weight excluding hydrogens is 284 g/mol. The van der Waals surface area contributed by atoms with Crippen molar-refractivity contribution in [2.24, 2.45) is 0 Å². The van der Waals surface area contributed by atoms with E-state index in [1.807, 2.05) is 20.0 Å². The summed E-state index contributed by atoms with van der Waals surface area (Å²) in [5.41, 5.74) is 1.63. The van der Waals surface area contributed by atoms with E-state index in [9.17, 15) is 8.42 Å². The maximum atomic E-state index is 12.6. The normalized spacial score (nSPS) is 18.7. The van der Waals surface area contributed by atoms with E-state index in [4.69, 9.17) is 11.6 Å². The first-order valence-electron chi connectivity index (χ1n) is 6.30. The number of nitrogens with zero attached hydrogens (tertiary/aromatic N) is 2. The van der Waals surface area contributed by atoms with Gasteiger partial charge in [-0.05, 0) is 31.2 Å². The van der Waals surface area contributed by atoms with E-state index in [1.54, 1.807) is 16.4 Å². The Bertz CT molecular complexity index is 552. The Morgan fingerprint density at radius 2 is 1.84 bits per heavy atom. The van der Waals surface area contributed by atoms with E-state index in [0.29, 0.717) is 23.9 Å². The third kappa shape index (κ3) is 2.94. The Morgan fingerprint density at radius 3 is 2.42 bits per heavy atom. The second-order valence-electron chi connectivity index (χ2n) is 4.88. The molecule has 2 rings (SSSR count). The highest BCUT2D eigenvalue weighted by Gasteiger charge is 2.28. The van der Waals surface area contributed by atoms with E-state index in [2.05, 4.69) is 4.90 Å². The summed E-state index contributed by atoms with van der Waals surface area (Å²) in [6, 6.07) is 5.29. The smallest absolute Gasteiger partial charge is 0.243 e. The van der Waals surface area contributed by atoms with Gasteiger partial charge < -0.3 is 4.90 Å². The average Bonchev–Trinajstić information content (AvgIpc) is 2.39. The van der Waals surface area contributed by atoms with Crippen molar-refractivity contribution in [1.82, 2.24) is 9.21 Å². The standard InChI is InChI=1S/C13H19ClN2O2S/c1-11-12(10-14)4-3-5-13(11)19(17,18)16-8-6-15(2)7-9-16/h3-5H,6-10H2,1-2H3. The molecule has 6 heteroatoms. The van der Waals surface area contributed by atoms with Gasteiger partial charge in [0.2, 0.25) is 10.0 Å². The molecule has 19 heavy (non-hydrogen) atoms. The van der Waals surface area contributed by atoms with Crippen LogP contribution in [0.15, 0.2) is 23.1 Å². The predicted molar refractivity (Wildman–Crippen MR) is 77.0 cm³/mol. The second kappa shape index (κ2) is 5.79. The van der Waals surface area contributed by atoms with Crippen molar-refractivity contribution in [3.8, 4) is 0 Å². The van der Waals surface area contributed by atoms with Gasteiger partial charge in [-0.15, -0.1) is 11.6 Å². The van der Waals surface area contributed by atoms with Crippen LogP contribution in [-0.4, -0.2) is 50.8 Å². The summed E-state index contributed by atoms with van der Waals surface area (Å²) in [4.78, 5) is 2.52. The second-order valence-corrected chi connectivity index (χ2v) is 7.05. The highest BCUT2D eigenvalue weighted by Crippen LogP contribution is 2.24. The van der Waals surface area contributed by atoms with E-state index in [1.165, 1.54) is 0 Å². The first kappa shape index (κ1) is 14.8. The zero-order valence-electron chi connectivity index (χ0n) is 11.3. The lowest BCUT2D eigenvalue weighted by Crippen LogP contribution is -2.47. The first-order chi connectivity index (χ1) is 8.96. The minimum Gasteiger partial charge on any atom is -0.304 e. The Labute approximate surface area is 120 Å². The topological polar surface area (TPSA) is 40.6 Å². The predicted octanol–water partition coefficient (Wildman–Crippen LogP) is 1.67. The van der Waals surface area contributed by atoms with Crippen molar-refractivity contribution in [2.75, 3.05) is 33.2 Å². The van der Waals surface area contributed by atoms with Gasteiger partial charge >= 0.3 is 0 Å². The van der Waals surface area contributed by atoms with E-state index in [-0.39, 0.29) is 0 Å². The minimum atomic E-state index is -3.40. The fraction of sp³-hybridized carbons (Fsp3) is 0.538. The summed E-state index contributed by atoms with van der Waals surface area (Å²) in [5, 5.41) is 0. The van der Waals surface area contributed by atoms with Crippen LogP contribution in [-0.2, 0) is 15.9 Å². The largest absolute Gasteiger partial charge is 0.304 e. The first-order valence-corrected chi connectivity index (χ1v) is 8.27. The van der Waals surface area contributed by atoms with Gasteiger partial charge in [0.05, 0.1) is 4.90 Å². The van der Waals surface area contributed by atoms with Crippen molar-refractivity contribution in [2.45, 2.75) is 17.7 Å². The molecule has 1 aliphatic heterocycles. The molecule has 106 valence electrons. The molecule has 1 fully saturated rings. The van der Waals surface area contributed by atoms with Gasteiger partial charge in [0.25, 0.3) is 0 Å². The Morgan fingerprint density at radius 1 is 1.21 bits per heavy atom. The highest BCUT2D eigenvalue weighted by atomic mass is 35.5. The van der Waals surface area contributed by atoms with Crippen LogP contribution in [0.2, 0.25) is 0 Å². The van der Waals surface area contributed by atoms with Crippen LogP contribution < -0.4 is 0 Å². The number of hydrogen-bond acceptors (Lipinski definition) is 3. The molecule has 1 heterocycles. The van der Waals surface area contributed by atoms with Crippen LogP contribution in [0.1, 0.15) is 11.1 Å². The molecule has 0 radical (unpaired) electrons. The summed E-state index contributed by atoms with van der Waals surface area (Å²) in [7, 11) is -1.40. The zero-order chi connectivity index (χ0) is 14.0. The fourth-order valence-corrected chi connectivity index (χ4v) is 4.23. The van der Waals surface area contributed by atoms with Crippen molar-refractivity contribution < 1.29 is 8.42 Å². The number of halogens is 1. The number of rotatable bonds is 3. The van der Waals surface area contributed by atoms with Crippen molar-refractivity contribution in [1.29, 1.82) is 0 Å². The molecule has 0 spiro atoms. The van der Waals surface area contributed by atoms with Crippen molar-refractivity contribution in [3.05, 3.63) is 29.3 Å². The maximum absolute atomic E-state index is 12.6. The molecule has 0 aromatic heterocycles.